The summed E-state index contributed by atoms with van der Waals surface area (Å²) >= 11 is 3.12. The summed E-state index contributed by atoms with van der Waals surface area (Å²) in [5.41, 5.74) is 1.68. The zero-order valence-corrected chi connectivity index (χ0v) is 10.9. The second-order valence-corrected chi connectivity index (χ2v) is 4.29. The van der Waals surface area contributed by atoms with Crippen LogP contribution in [-0.4, -0.2) is 18.7 Å². The molecule has 0 aliphatic carbocycles. The Kier molecular flexibility index (Phi) is 5.49. The number of amides is 1. The molecule has 0 atom stereocenters. The first-order chi connectivity index (χ1) is 8.78. The Morgan fingerprint density at radius 3 is 2.74 bits per heavy atom. The van der Waals surface area contributed by atoms with Gasteiger partial charge in [-0.1, -0.05) is 15.9 Å². The van der Waals surface area contributed by atoms with Gasteiger partial charge in [0.2, 0.25) is 0 Å². The van der Waals surface area contributed by atoms with Crippen LogP contribution in [0.5, 0.6) is 0 Å². The van der Waals surface area contributed by atoms with E-state index in [0.717, 1.165) is 12.2 Å². The number of alkyl halides is 3. The summed E-state index contributed by atoms with van der Waals surface area (Å²) in [6.07, 6.45) is -2.55. The highest BCUT2D eigenvalue weighted by molar-refractivity contribution is 9.10. The van der Waals surface area contributed by atoms with Crippen molar-refractivity contribution in [2.75, 3.05) is 6.61 Å². The maximum Gasteiger partial charge on any atom is 0.414 e. The molecule has 1 aromatic carbocycles. The lowest BCUT2D eigenvalue weighted by Crippen LogP contribution is -2.28. The van der Waals surface area contributed by atoms with Gasteiger partial charge in [0.1, 0.15) is 5.82 Å². The third kappa shape index (κ3) is 6.35. The van der Waals surface area contributed by atoms with Crippen molar-refractivity contribution < 1.29 is 27.2 Å². The molecule has 3 nitrogen and oxygen atoms in total. The molecule has 0 aliphatic heterocycles. The third-order valence-electron chi connectivity index (χ3n) is 1.78. The fraction of sp³-hybridized carbons (Fsp3) is 0.182. The number of benzene rings is 1. The molecular formula is C11H8BrF4NO2. The highest BCUT2D eigenvalue weighted by Crippen LogP contribution is 2.16. The highest BCUT2D eigenvalue weighted by atomic mass is 79.9. The molecule has 19 heavy (non-hydrogen) atoms. The summed E-state index contributed by atoms with van der Waals surface area (Å²) in [7, 11) is 0. The van der Waals surface area contributed by atoms with E-state index in [4.69, 9.17) is 0 Å². The summed E-state index contributed by atoms with van der Waals surface area (Å²) in [5.74, 6) is -1.49. The lowest BCUT2D eigenvalue weighted by Gasteiger charge is -2.06. The monoisotopic (exact) mass is 341 g/mol. The molecule has 0 aliphatic rings. The van der Waals surface area contributed by atoms with Gasteiger partial charge in [0.15, 0.2) is 6.61 Å². The molecule has 0 saturated heterocycles. The van der Waals surface area contributed by atoms with Crippen molar-refractivity contribution in [3.63, 3.8) is 0 Å². The van der Waals surface area contributed by atoms with Gasteiger partial charge in [0, 0.05) is 16.1 Å². The molecular weight excluding hydrogens is 334 g/mol. The average Bonchev–Trinajstić information content (AvgIpc) is 2.28. The van der Waals surface area contributed by atoms with Gasteiger partial charge < -0.3 is 0 Å². The van der Waals surface area contributed by atoms with Crippen molar-refractivity contribution in [1.82, 2.24) is 5.48 Å². The summed E-state index contributed by atoms with van der Waals surface area (Å²) in [6.45, 7) is -1.60. The molecule has 1 aromatic rings. The predicted octanol–water partition coefficient (Wildman–Crippen LogP) is 3.21. The van der Waals surface area contributed by atoms with E-state index in [-0.39, 0.29) is 5.56 Å². The normalized spacial score (nSPS) is 11.8. The topological polar surface area (TPSA) is 38.3 Å². The van der Waals surface area contributed by atoms with Crippen LogP contribution in [0, 0.1) is 5.82 Å². The first-order valence-electron chi connectivity index (χ1n) is 4.89. The Bertz CT molecular complexity index is 488. The van der Waals surface area contributed by atoms with Crippen LogP contribution in [0.25, 0.3) is 6.08 Å². The van der Waals surface area contributed by atoms with Crippen LogP contribution in [0.1, 0.15) is 5.56 Å². The van der Waals surface area contributed by atoms with Crippen molar-refractivity contribution in [2.45, 2.75) is 6.18 Å². The minimum atomic E-state index is -4.53. The zero-order valence-electron chi connectivity index (χ0n) is 9.30. The zero-order chi connectivity index (χ0) is 14.5. The van der Waals surface area contributed by atoms with Crippen LogP contribution < -0.4 is 5.48 Å². The number of hydroxylamine groups is 1. The molecule has 1 rings (SSSR count). The Morgan fingerprint density at radius 1 is 1.42 bits per heavy atom. The van der Waals surface area contributed by atoms with Crippen molar-refractivity contribution in [3.8, 4) is 0 Å². The Balaban J connectivity index is 2.52. The van der Waals surface area contributed by atoms with Gasteiger partial charge in [-0.2, -0.15) is 13.2 Å². The highest BCUT2D eigenvalue weighted by Gasteiger charge is 2.28. The molecule has 0 heterocycles. The minimum absolute atomic E-state index is 0.111. The van der Waals surface area contributed by atoms with Crippen molar-refractivity contribution >= 4 is 27.9 Å². The van der Waals surface area contributed by atoms with Gasteiger partial charge in [0.05, 0.1) is 0 Å². The first-order valence-corrected chi connectivity index (χ1v) is 5.69. The summed E-state index contributed by atoms with van der Waals surface area (Å²) in [4.78, 5) is 15.0. The number of halogens is 5. The van der Waals surface area contributed by atoms with Crippen LogP contribution in [0.4, 0.5) is 17.6 Å². The molecule has 1 N–H and O–H groups in total. The van der Waals surface area contributed by atoms with Crippen LogP contribution in [0.3, 0.4) is 0 Å². The van der Waals surface area contributed by atoms with E-state index in [1.165, 1.54) is 18.2 Å². The number of carbonyl (C=O) groups excluding carboxylic acids is 1. The summed E-state index contributed by atoms with van der Waals surface area (Å²) in [6, 6.07) is 4.07. The average molecular weight is 342 g/mol. The maximum atomic E-state index is 13.2. The molecule has 1 amide bonds. The van der Waals surface area contributed by atoms with E-state index in [9.17, 15) is 22.4 Å². The van der Waals surface area contributed by atoms with E-state index in [0.29, 0.717) is 4.47 Å². The van der Waals surface area contributed by atoms with Gasteiger partial charge in [-0.3, -0.25) is 9.63 Å². The van der Waals surface area contributed by atoms with Gasteiger partial charge in [-0.15, -0.1) is 0 Å². The van der Waals surface area contributed by atoms with Crippen molar-refractivity contribution in [3.05, 3.63) is 40.1 Å². The Labute approximate surface area is 114 Å². The van der Waals surface area contributed by atoms with Crippen molar-refractivity contribution in [1.29, 1.82) is 0 Å². The van der Waals surface area contributed by atoms with Gasteiger partial charge in [-0.05, 0) is 24.3 Å². The molecule has 8 heteroatoms. The van der Waals surface area contributed by atoms with E-state index in [2.05, 4.69) is 20.8 Å². The van der Waals surface area contributed by atoms with Crippen LogP contribution >= 0.6 is 15.9 Å². The fourth-order valence-corrected chi connectivity index (χ4v) is 1.41. The molecule has 0 aromatic heterocycles. The second kappa shape index (κ2) is 6.67. The number of hydrogen-bond donors (Lipinski definition) is 1. The standard InChI is InChI=1S/C11H8BrF4NO2/c12-8-2-3-9(13)7(5-8)1-4-10(18)17-19-6-11(14,15)16/h1-5H,6H2,(H,17,18)/b4-1+. The van der Waals surface area contributed by atoms with E-state index < -0.39 is 24.5 Å². The Morgan fingerprint density at radius 2 is 2.11 bits per heavy atom. The quantitative estimate of drug-likeness (QED) is 0.518. The molecule has 0 unspecified atom stereocenters. The predicted molar refractivity (Wildman–Crippen MR) is 63.3 cm³/mol. The lowest BCUT2D eigenvalue weighted by atomic mass is 10.2. The second-order valence-electron chi connectivity index (χ2n) is 3.37. The summed E-state index contributed by atoms with van der Waals surface area (Å²) < 4.78 is 49.0. The van der Waals surface area contributed by atoms with Crippen LogP contribution in [0.15, 0.2) is 28.7 Å². The third-order valence-corrected chi connectivity index (χ3v) is 2.27. The fourth-order valence-electron chi connectivity index (χ4n) is 1.03. The molecule has 0 spiro atoms. The number of rotatable bonds is 4. The van der Waals surface area contributed by atoms with Crippen LogP contribution in [0.2, 0.25) is 0 Å². The molecule has 0 radical (unpaired) electrons. The largest absolute Gasteiger partial charge is 0.414 e. The number of carbonyl (C=O) groups is 1. The number of nitrogens with one attached hydrogen (secondary N) is 1. The van der Waals surface area contributed by atoms with E-state index in [1.54, 1.807) is 5.48 Å². The molecule has 0 fully saturated rings. The van der Waals surface area contributed by atoms with Crippen molar-refractivity contribution in [2.24, 2.45) is 0 Å². The molecule has 0 saturated carbocycles. The molecule has 0 bridgehead atoms. The summed E-state index contributed by atoms with van der Waals surface area (Å²) in [5, 5.41) is 0. The van der Waals surface area contributed by atoms with E-state index >= 15 is 0 Å². The van der Waals surface area contributed by atoms with E-state index in [1.807, 2.05) is 0 Å². The minimum Gasteiger partial charge on any atom is -0.268 e. The number of hydrogen-bond acceptors (Lipinski definition) is 2. The Hall–Kier alpha value is -1.41. The lowest BCUT2D eigenvalue weighted by molar-refractivity contribution is -0.190. The smallest absolute Gasteiger partial charge is 0.268 e. The maximum absolute atomic E-state index is 13.2. The first kappa shape index (κ1) is 15.6. The van der Waals surface area contributed by atoms with Gasteiger partial charge in [0.25, 0.3) is 5.91 Å². The van der Waals surface area contributed by atoms with Crippen LogP contribution in [-0.2, 0) is 9.63 Å². The molecule has 104 valence electrons. The van der Waals surface area contributed by atoms with Gasteiger partial charge in [-0.25, -0.2) is 9.87 Å². The SMILES string of the molecule is O=C(/C=C/c1cc(Br)ccc1F)NOCC(F)(F)F. The van der Waals surface area contributed by atoms with Gasteiger partial charge >= 0.3 is 6.18 Å².